The molecular weight excluding hydrogens is 471 g/mol. The summed E-state index contributed by atoms with van der Waals surface area (Å²) in [5.41, 5.74) is 1.61. The van der Waals surface area contributed by atoms with Crippen LogP contribution in [-0.4, -0.2) is 52.5 Å². The van der Waals surface area contributed by atoms with Gasteiger partial charge in [0, 0.05) is 18.7 Å². The van der Waals surface area contributed by atoms with Gasteiger partial charge in [-0.3, -0.25) is 24.1 Å². The number of ether oxygens (including phenoxy) is 1. The zero-order chi connectivity index (χ0) is 24.9. The highest BCUT2D eigenvalue weighted by molar-refractivity contribution is 8.18. The summed E-state index contributed by atoms with van der Waals surface area (Å²) in [6, 6.07) is 12.6. The van der Waals surface area contributed by atoms with Crippen LogP contribution in [0.25, 0.3) is 6.08 Å². The summed E-state index contributed by atoms with van der Waals surface area (Å²) in [5, 5.41) is -0.429. The molecule has 0 bridgehead atoms. The molecule has 2 saturated heterocycles. The van der Waals surface area contributed by atoms with E-state index in [4.69, 9.17) is 4.74 Å². The van der Waals surface area contributed by atoms with Gasteiger partial charge in [0.2, 0.25) is 0 Å². The van der Waals surface area contributed by atoms with E-state index in [2.05, 4.69) is 0 Å². The number of thioether (sulfide) groups is 1. The first-order valence-electron chi connectivity index (χ1n) is 11.4. The molecule has 0 radical (unpaired) electrons. The van der Waals surface area contributed by atoms with E-state index in [9.17, 15) is 23.6 Å². The van der Waals surface area contributed by atoms with E-state index in [1.54, 1.807) is 48.2 Å². The molecule has 0 saturated carbocycles. The number of nitrogens with zero attached hydrogens (tertiary/aromatic N) is 2. The Morgan fingerprint density at radius 3 is 2.57 bits per heavy atom. The number of halogens is 1. The standard InChI is InChI=1S/C26H25FN2O5S/c1-2-34-25(32)19-9-11-28(12-10-19)23(30)20-7-3-5-17(13-20)15-22-24(31)29(26(33)35-22)16-18-6-4-8-21(27)14-18/h3-8,13-15,19H,2,9-12,16H2,1H3/b22-15-. The van der Waals surface area contributed by atoms with Crippen LogP contribution in [0.2, 0.25) is 0 Å². The quantitative estimate of drug-likeness (QED) is 0.433. The highest BCUT2D eigenvalue weighted by Gasteiger charge is 2.35. The fourth-order valence-corrected chi connectivity index (χ4v) is 4.97. The van der Waals surface area contributed by atoms with Gasteiger partial charge in [0.1, 0.15) is 5.82 Å². The molecule has 0 unspecified atom stereocenters. The molecule has 7 nitrogen and oxygen atoms in total. The number of hydrogen-bond acceptors (Lipinski definition) is 6. The van der Waals surface area contributed by atoms with Crippen molar-refractivity contribution < 1.29 is 28.3 Å². The smallest absolute Gasteiger partial charge is 0.309 e. The normalized spacial score (nSPS) is 17.8. The predicted molar refractivity (Wildman–Crippen MR) is 130 cm³/mol. The van der Waals surface area contributed by atoms with Crippen LogP contribution in [0, 0.1) is 11.7 Å². The van der Waals surface area contributed by atoms with Gasteiger partial charge in [-0.25, -0.2) is 4.39 Å². The number of piperidine rings is 1. The van der Waals surface area contributed by atoms with E-state index in [1.165, 1.54) is 18.2 Å². The number of hydrogen-bond donors (Lipinski definition) is 0. The van der Waals surface area contributed by atoms with E-state index >= 15 is 0 Å². The predicted octanol–water partition coefficient (Wildman–Crippen LogP) is 4.48. The summed E-state index contributed by atoms with van der Waals surface area (Å²) in [7, 11) is 0. The molecule has 0 N–H and O–H groups in total. The number of carbonyl (C=O) groups excluding carboxylic acids is 4. The van der Waals surface area contributed by atoms with Gasteiger partial charge < -0.3 is 9.64 Å². The molecule has 2 fully saturated rings. The summed E-state index contributed by atoms with van der Waals surface area (Å²) in [4.78, 5) is 53.2. The largest absolute Gasteiger partial charge is 0.466 e. The van der Waals surface area contributed by atoms with Crippen molar-refractivity contribution in [2.75, 3.05) is 19.7 Å². The number of esters is 1. The average molecular weight is 497 g/mol. The zero-order valence-corrected chi connectivity index (χ0v) is 20.1. The van der Waals surface area contributed by atoms with E-state index in [0.29, 0.717) is 49.2 Å². The van der Waals surface area contributed by atoms with E-state index in [0.717, 1.165) is 16.7 Å². The Kier molecular flexibility index (Phi) is 7.65. The van der Waals surface area contributed by atoms with Crippen molar-refractivity contribution in [2.45, 2.75) is 26.3 Å². The minimum absolute atomic E-state index is 0.0138. The molecule has 0 spiro atoms. The summed E-state index contributed by atoms with van der Waals surface area (Å²) >= 11 is 0.815. The van der Waals surface area contributed by atoms with Crippen LogP contribution in [0.4, 0.5) is 9.18 Å². The maximum absolute atomic E-state index is 13.5. The fourth-order valence-electron chi connectivity index (χ4n) is 4.13. The lowest BCUT2D eigenvalue weighted by molar-refractivity contribution is -0.149. The number of benzene rings is 2. The maximum Gasteiger partial charge on any atom is 0.309 e. The van der Waals surface area contributed by atoms with Crippen molar-refractivity contribution in [1.82, 2.24) is 9.80 Å². The Morgan fingerprint density at radius 2 is 1.86 bits per heavy atom. The monoisotopic (exact) mass is 496 g/mol. The molecule has 4 rings (SSSR count). The molecule has 2 aromatic carbocycles. The number of likely N-dealkylation sites (tertiary alicyclic amines) is 1. The summed E-state index contributed by atoms with van der Waals surface area (Å²) in [5.74, 6) is -1.44. The molecule has 182 valence electrons. The van der Waals surface area contributed by atoms with Crippen molar-refractivity contribution >= 4 is 40.9 Å². The molecule has 2 aromatic rings. The van der Waals surface area contributed by atoms with Gasteiger partial charge in [0.25, 0.3) is 17.1 Å². The second-order valence-electron chi connectivity index (χ2n) is 8.34. The number of imide groups is 1. The molecule has 2 aliphatic rings. The SMILES string of the molecule is CCOC(=O)C1CCN(C(=O)c2cccc(/C=C3\SC(=O)N(Cc4cccc(F)c4)C3=O)c2)CC1. The topological polar surface area (TPSA) is 84.0 Å². The van der Waals surface area contributed by atoms with Gasteiger partial charge in [-0.05, 0) is 73.0 Å². The first-order valence-corrected chi connectivity index (χ1v) is 12.2. The van der Waals surface area contributed by atoms with Gasteiger partial charge in [-0.15, -0.1) is 0 Å². The zero-order valence-electron chi connectivity index (χ0n) is 19.2. The second kappa shape index (κ2) is 10.9. The van der Waals surface area contributed by atoms with Crippen LogP contribution in [-0.2, 0) is 20.9 Å². The van der Waals surface area contributed by atoms with Crippen molar-refractivity contribution in [3.8, 4) is 0 Å². The molecule has 2 aliphatic heterocycles. The lowest BCUT2D eigenvalue weighted by Crippen LogP contribution is -2.40. The third-order valence-corrected chi connectivity index (χ3v) is 6.84. The molecule has 0 atom stereocenters. The number of rotatable bonds is 6. The first-order chi connectivity index (χ1) is 16.9. The van der Waals surface area contributed by atoms with Crippen molar-refractivity contribution in [3.63, 3.8) is 0 Å². The van der Waals surface area contributed by atoms with Crippen LogP contribution >= 0.6 is 11.8 Å². The lowest BCUT2D eigenvalue weighted by atomic mass is 9.96. The summed E-state index contributed by atoms with van der Waals surface area (Å²) in [6.45, 7) is 3.03. The van der Waals surface area contributed by atoms with Crippen molar-refractivity contribution in [2.24, 2.45) is 5.92 Å². The minimum atomic E-state index is -0.456. The Labute approximate surface area is 206 Å². The van der Waals surface area contributed by atoms with Crippen LogP contribution in [0.15, 0.2) is 53.4 Å². The molecule has 35 heavy (non-hydrogen) atoms. The van der Waals surface area contributed by atoms with E-state index in [-0.39, 0.29) is 29.2 Å². The Bertz CT molecular complexity index is 1190. The number of amides is 3. The molecule has 9 heteroatoms. The number of carbonyl (C=O) groups is 4. The average Bonchev–Trinajstić information content (AvgIpc) is 3.11. The minimum Gasteiger partial charge on any atom is -0.466 e. The van der Waals surface area contributed by atoms with Gasteiger partial charge >= 0.3 is 5.97 Å². The first kappa shape index (κ1) is 24.7. The Morgan fingerprint density at radius 1 is 1.11 bits per heavy atom. The fraction of sp³-hybridized carbons (Fsp3) is 0.308. The second-order valence-corrected chi connectivity index (χ2v) is 9.33. The van der Waals surface area contributed by atoms with Gasteiger partial charge in [-0.2, -0.15) is 0 Å². The summed E-state index contributed by atoms with van der Waals surface area (Å²) < 4.78 is 18.5. The van der Waals surface area contributed by atoms with E-state index in [1.807, 2.05) is 0 Å². The molecule has 2 heterocycles. The van der Waals surface area contributed by atoms with Crippen molar-refractivity contribution in [1.29, 1.82) is 0 Å². The summed E-state index contributed by atoms with van der Waals surface area (Å²) in [6.07, 6.45) is 2.70. The van der Waals surface area contributed by atoms with Gasteiger partial charge in [0.05, 0.1) is 24.0 Å². The van der Waals surface area contributed by atoms with Gasteiger partial charge in [0.15, 0.2) is 0 Å². The Balaban J connectivity index is 1.43. The Hall–Kier alpha value is -3.46. The lowest BCUT2D eigenvalue weighted by Gasteiger charge is -2.31. The van der Waals surface area contributed by atoms with Crippen LogP contribution in [0.5, 0.6) is 0 Å². The van der Waals surface area contributed by atoms with Crippen LogP contribution in [0.1, 0.15) is 41.3 Å². The molecule has 0 aliphatic carbocycles. The van der Waals surface area contributed by atoms with E-state index < -0.39 is 17.0 Å². The third kappa shape index (κ3) is 5.79. The molecule has 0 aromatic heterocycles. The van der Waals surface area contributed by atoms with Gasteiger partial charge in [-0.1, -0.05) is 24.3 Å². The highest BCUT2D eigenvalue weighted by Crippen LogP contribution is 2.33. The van der Waals surface area contributed by atoms with Crippen LogP contribution < -0.4 is 0 Å². The third-order valence-electron chi connectivity index (χ3n) is 5.94. The molecule has 3 amide bonds. The maximum atomic E-state index is 13.5. The van der Waals surface area contributed by atoms with Crippen molar-refractivity contribution in [3.05, 3.63) is 75.9 Å². The molecular formula is C26H25FN2O5S. The highest BCUT2D eigenvalue weighted by atomic mass is 32.2. The van der Waals surface area contributed by atoms with Crippen LogP contribution in [0.3, 0.4) is 0 Å².